The second kappa shape index (κ2) is 4.56. The van der Waals surface area contributed by atoms with Crippen LogP contribution in [-0.2, 0) is 10.3 Å². The number of carbonyl (C=O) groups excluding carboxylic acids is 1. The molecule has 0 aromatic carbocycles. The molecule has 5 nitrogen and oxygen atoms in total. The van der Waals surface area contributed by atoms with Gasteiger partial charge in [-0.05, 0) is 57.3 Å². The maximum Gasteiger partial charge on any atom is 0.224 e. The number of nitrogens with zero attached hydrogens (tertiary/aromatic N) is 2. The number of aromatic nitrogens is 2. The Balaban J connectivity index is 1.59. The number of fused-ring (bicyclic) bond motifs is 2. The number of nitrogens with one attached hydrogen (secondary N) is 2. The molecule has 2 fully saturated rings. The lowest BCUT2D eigenvalue weighted by Gasteiger charge is -2.26. The second-order valence-corrected chi connectivity index (χ2v) is 7.15. The maximum atomic E-state index is 12.6. The first-order chi connectivity index (χ1) is 10.5. The van der Waals surface area contributed by atoms with E-state index < -0.39 is 5.54 Å². The SMILES string of the molecule is Cc1cccn2c(C(C)(C)NC(=O)C3C4CNCC43)cnc12. The number of aryl methyl sites for hydroxylation is 1. The second-order valence-electron chi connectivity index (χ2n) is 7.15. The van der Waals surface area contributed by atoms with Gasteiger partial charge < -0.3 is 15.0 Å². The molecule has 2 aromatic heterocycles. The van der Waals surface area contributed by atoms with Gasteiger partial charge in [0.1, 0.15) is 5.65 Å². The molecule has 5 heteroatoms. The minimum Gasteiger partial charge on any atom is -0.345 e. The van der Waals surface area contributed by atoms with Crippen LogP contribution in [0.5, 0.6) is 0 Å². The Kier molecular flexibility index (Phi) is 2.85. The van der Waals surface area contributed by atoms with E-state index in [1.54, 1.807) is 0 Å². The zero-order valence-corrected chi connectivity index (χ0v) is 13.3. The molecule has 2 atom stereocenters. The molecule has 22 heavy (non-hydrogen) atoms. The van der Waals surface area contributed by atoms with Crippen molar-refractivity contribution in [2.45, 2.75) is 26.3 Å². The molecule has 1 amide bonds. The van der Waals surface area contributed by atoms with Crippen molar-refractivity contribution in [2.24, 2.45) is 17.8 Å². The average molecular weight is 298 g/mol. The molecule has 1 saturated heterocycles. The summed E-state index contributed by atoms with van der Waals surface area (Å²) in [5.41, 5.74) is 2.67. The first-order valence-corrected chi connectivity index (χ1v) is 7.95. The molecule has 2 N–H and O–H groups in total. The van der Waals surface area contributed by atoms with Crippen LogP contribution in [0.2, 0.25) is 0 Å². The number of rotatable bonds is 3. The smallest absolute Gasteiger partial charge is 0.224 e. The van der Waals surface area contributed by atoms with Gasteiger partial charge in [-0.1, -0.05) is 6.07 Å². The molecular formula is C17H22N4O. The summed E-state index contributed by atoms with van der Waals surface area (Å²) in [4.78, 5) is 17.1. The molecule has 1 aliphatic heterocycles. The summed E-state index contributed by atoms with van der Waals surface area (Å²) in [7, 11) is 0. The average Bonchev–Trinajstić information content (AvgIpc) is 2.85. The minimum absolute atomic E-state index is 0.184. The van der Waals surface area contributed by atoms with E-state index in [0.29, 0.717) is 11.8 Å². The standard InChI is InChI=1S/C17H22N4O/c1-10-5-4-6-21-13(9-19-15(10)21)17(2,3)20-16(22)14-11-7-18-8-12(11)14/h4-6,9,11-12,14,18H,7-8H2,1-3H3,(H,20,22). The third kappa shape index (κ3) is 1.96. The lowest BCUT2D eigenvalue weighted by molar-refractivity contribution is -0.124. The Bertz CT molecular complexity index is 738. The predicted octanol–water partition coefficient (Wildman–Crippen LogP) is 1.46. The van der Waals surface area contributed by atoms with Gasteiger partial charge in [0.05, 0.1) is 17.4 Å². The zero-order valence-electron chi connectivity index (χ0n) is 13.3. The van der Waals surface area contributed by atoms with Crippen LogP contribution in [0.3, 0.4) is 0 Å². The minimum atomic E-state index is -0.436. The molecule has 2 aromatic rings. The summed E-state index contributed by atoms with van der Waals surface area (Å²) in [6, 6.07) is 4.07. The molecule has 2 aliphatic rings. The van der Waals surface area contributed by atoms with E-state index >= 15 is 0 Å². The number of imidazole rings is 1. The Labute approximate surface area is 130 Å². The summed E-state index contributed by atoms with van der Waals surface area (Å²) < 4.78 is 2.07. The highest BCUT2D eigenvalue weighted by molar-refractivity contribution is 5.83. The van der Waals surface area contributed by atoms with Crippen molar-refractivity contribution in [3.05, 3.63) is 35.8 Å². The van der Waals surface area contributed by atoms with Gasteiger partial charge in [0.2, 0.25) is 5.91 Å². The van der Waals surface area contributed by atoms with Gasteiger partial charge >= 0.3 is 0 Å². The highest BCUT2D eigenvalue weighted by Crippen LogP contribution is 2.49. The van der Waals surface area contributed by atoms with Crippen LogP contribution in [0.4, 0.5) is 0 Å². The largest absolute Gasteiger partial charge is 0.345 e. The fourth-order valence-electron chi connectivity index (χ4n) is 3.88. The molecular weight excluding hydrogens is 276 g/mol. The van der Waals surface area contributed by atoms with E-state index in [2.05, 4.69) is 33.0 Å². The quantitative estimate of drug-likeness (QED) is 0.902. The molecule has 0 radical (unpaired) electrons. The van der Waals surface area contributed by atoms with Crippen molar-refractivity contribution in [1.82, 2.24) is 20.0 Å². The molecule has 0 spiro atoms. The highest BCUT2D eigenvalue weighted by atomic mass is 16.2. The van der Waals surface area contributed by atoms with Crippen molar-refractivity contribution in [2.75, 3.05) is 13.1 Å². The van der Waals surface area contributed by atoms with Crippen LogP contribution in [0, 0.1) is 24.7 Å². The summed E-state index contributed by atoms with van der Waals surface area (Å²) >= 11 is 0. The summed E-state index contributed by atoms with van der Waals surface area (Å²) in [6.45, 7) is 8.12. The summed E-state index contributed by atoms with van der Waals surface area (Å²) in [5.74, 6) is 1.46. The summed E-state index contributed by atoms with van der Waals surface area (Å²) in [6.07, 6.45) is 3.88. The Morgan fingerprint density at radius 2 is 2.14 bits per heavy atom. The predicted molar refractivity (Wildman–Crippen MR) is 84.4 cm³/mol. The lowest BCUT2D eigenvalue weighted by Crippen LogP contribution is -2.43. The Morgan fingerprint density at radius 1 is 1.41 bits per heavy atom. The molecule has 116 valence electrons. The topological polar surface area (TPSA) is 58.4 Å². The normalized spacial score (nSPS) is 27.0. The number of amides is 1. The molecule has 3 heterocycles. The van der Waals surface area contributed by atoms with Crippen molar-refractivity contribution in [1.29, 1.82) is 0 Å². The van der Waals surface area contributed by atoms with Gasteiger partial charge in [0, 0.05) is 12.1 Å². The van der Waals surface area contributed by atoms with E-state index in [9.17, 15) is 4.79 Å². The van der Waals surface area contributed by atoms with E-state index in [1.165, 1.54) is 0 Å². The Hall–Kier alpha value is -1.88. The lowest BCUT2D eigenvalue weighted by atomic mass is 10.0. The van der Waals surface area contributed by atoms with Gasteiger partial charge in [-0.25, -0.2) is 4.98 Å². The van der Waals surface area contributed by atoms with Crippen molar-refractivity contribution >= 4 is 11.6 Å². The van der Waals surface area contributed by atoms with E-state index in [1.807, 2.05) is 32.3 Å². The third-order valence-corrected chi connectivity index (χ3v) is 5.20. The molecule has 1 aliphatic carbocycles. The van der Waals surface area contributed by atoms with Gasteiger partial charge in [0.15, 0.2) is 0 Å². The van der Waals surface area contributed by atoms with Gasteiger partial charge in [0.25, 0.3) is 0 Å². The molecule has 4 rings (SSSR count). The molecule has 0 bridgehead atoms. The molecule has 1 saturated carbocycles. The number of carbonyl (C=O) groups is 1. The number of piperidine rings is 1. The van der Waals surface area contributed by atoms with Gasteiger partial charge in [-0.3, -0.25) is 4.79 Å². The fraction of sp³-hybridized carbons (Fsp3) is 0.529. The zero-order chi connectivity index (χ0) is 15.5. The number of pyridine rings is 1. The van der Waals surface area contributed by atoms with Gasteiger partial charge in [-0.15, -0.1) is 0 Å². The summed E-state index contributed by atoms with van der Waals surface area (Å²) in [5, 5.41) is 6.57. The van der Waals surface area contributed by atoms with E-state index in [0.717, 1.165) is 30.0 Å². The van der Waals surface area contributed by atoms with Crippen molar-refractivity contribution in [3.63, 3.8) is 0 Å². The van der Waals surface area contributed by atoms with E-state index in [4.69, 9.17) is 0 Å². The van der Waals surface area contributed by atoms with Crippen molar-refractivity contribution < 1.29 is 4.79 Å². The van der Waals surface area contributed by atoms with Crippen molar-refractivity contribution in [3.8, 4) is 0 Å². The number of hydrogen-bond donors (Lipinski definition) is 2. The third-order valence-electron chi connectivity index (χ3n) is 5.20. The van der Waals surface area contributed by atoms with Crippen LogP contribution in [0.1, 0.15) is 25.1 Å². The van der Waals surface area contributed by atoms with Crippen LogP contribution in [-0.4, -0.2) is 28.4 Å². The first-order valence-electron chi connectivity index (χ1n) is 7.95. The molecule has 2 unspecified atom stereocenters. The monoisotopic (exact) mass is 298 g/mol. The first kappa shape index (κ1) is 13.8. The van der Waals surface area contributed by atoms with Gasteiger partial charge in [-0.2, -0.15) is 0 Å². The highest BCUT2D eigenvalue weighted by Gasteiger charge is 2.57. The maximum absolute atomic E-state index is 12.6. The van der Waals surface area contributed by atoms with Crippen LogP contribution >= 0.6 is 0 Å². The van der Waals surface area contributed by atoms with Crippen LogP contribution in [0.25, 0.3) is 5.65 Å². The van der Waals surface area contributed by atoms with Crippen LogP contribution < -0.4 is 10.6 Å². The fourth-order valence-corrected chi connectivity index (χ4v) is 3.88. The number of hydrogen-bond acceptors (Lipinski definition) is 3. The van der Waals surface area contributed by atoms with E-state index in [-0.39, 0.29) is 11.8 Å². The Morgan fingerprint density at radius 3 is 2.86 bits per heavy atom. The van der Waals surface area contributed by atoms with Crippen LogP contribution in [0.15, 0.2) is 24.5 Å².